The van der Waals surface area contributed by atoms with Gasteiger partial charge in [-0.2, -0.15) is 9.97 Å². The number of aromatic hydroxyl groups is 1. The number of anilines is 1. The maximum absolute atomic E-state index is 9.60. The number of rotatable bonds is 2. The van der Waals surface area contributed by atoms with E-state index < -0.39 is 0 Å². The molecule has 2 aromatic rings. The zero-order valence-corrected chi connectivity index (χ0v) is 9.43. The highest BCUT2D eigenvalue weighted by molar-refractivity contribution is 5.76. The van der Waals surface area contributed by atoms with E-state index in [1.54, 1.807) is 4.68 Å². The molecule has 0 saturated heterocycles. The Bertz CT molecular complexity index is 622. The maximum atomic E-state index is 9.60. The number of allylic oxidation sites excluding steroid dienone is 1. The third-order valence-electron chi connectivity index (χ3n) is 3.02. The van der Waals surface area contributed by atoms with Crippen LogP contribution < -0.4 is 5.73 Å². The standard InChI is InChI=1S/C10H12N6O2/c11-10-12-8-7(9(18)13-10)14-15-16(8)6-2-1-5(3-6)4-17/h1-2,5-6,17H,3-4H2,(H3,11,12,13,18). The van der Waals surface area contributed by atoms with Crippen LogP contribution in [0.2, 0.25) is 0 Å². The van der Waals surface area contributed by atoms with Gasteiger partial charge in [0.1, 0.15) is 0 Å². The molecule has 8 heteroatoms. The average molecular weight is 248 g/mol. The van der Waals surface area contributed by atoms with Crippen LogP contribution in [0.1, 0.15) is 12.5 Å². The quantitative estimate of drug-likeness (QED) is 0.619. The van der Waals surface area contributed by atoms with E-state index in [9.17, 15) is 5.11 Å². The predicted octanol–water partition coefficient (Wildman–Crippen LogP) is -0.381. The molecule has 0 saturated carbocycles. The van der Waals surface area contributed by atoms with Crippen molar-refractivity contribution in [1.29, 1.82) is 0 Å². The van der Waals surface area contributed by atoms with Crippen molar-refractivity contribution in [2.45, 2.75) is 12.5 Å². The number of nitrogen functional groups attached to an aromatic ring is 1. The molecule has 0 aromatic carbocycles. The van der Waals surface area contributed by atoms with Crippen LogP contribution in [0.15, 0.2) is 12.2 Å². The van der Waals surface area contributed by atoms with Crippen molar-refractivity contribution in [3.8, 4) is 5.88 Å². The number of aliphatic hydroxyl groups is 1. The van der Waals surface area contributed by atoms with Gasteiger partial charge in [0.25, 0.3) is 0 Å². The van der Waals surface area contributed by atoms with Gasteiger partial charge in [0, 0.05) is 12.5 Å². The van der Waals surface area contributed by atoms with Crippen LogP contribution >= 0.6 is 0 Å². The number of aromatic nitrogens is 5. The Labute approximate surface area is 102 Å². The summed E-state index contributed by atoms with van der Waals surface area (Å²) >= 11 is 0. The van der Waals surface area contributed by atoms with Gasteiger partial charge >= 0.3 is 0 Å². The highest BCUT2D eigenvalue weighted by Gasteiger charge is 2.24. The molecule has 0 fully saturated rings. The molecule has 2 atom stereocenters. The van der Waals surface area contributed by atoms with Gasteiger partial charge in [-0.15, -0.1) is 5.10 Å². The van der Waals surface area contributed by atoms with Gasteiger partial charge in [-0.05, 0) is 6.42 Å². The smallest absolute Gasteiger partial charge is 0.246 e. The monoisotopic (exact) mass is 248 g/mol. The Morgan fingerprint density at radius 2 is 2.22 bits per heavy atom. The van der Waals surface area contributed by atoms with Crippen LogP contribution in [0.25, 0.3) is 11.2 Å². The maximum Gasteiger partial charge on any atom is 0.246 e. The number of hydrogen-bond acceptors (Lipinski definition) is 7. The Hall–Kier alpha value is -2.22. The zero-order chi connectivity index (χ0) is 12.7. The first-order valence-electron chi connectivity index (χ1n) is 5.55. The topological polar surface area (TPSA) is 123 Å². The van der Waals surface area contributed by atoms with E-state index in [1.165, 1.54) is 0 Å². The van der Waals surface area contributed by atoms with Crippen LogP contribution in [-0.4, -0.2) is 41.8 Å². The van der Waals surface area contributed by atoms with E-state index in [4.69, 9.17) is 10.8 Å². The molecule has 0 bridgehead atoms. The van der Waals surface area contributed by atoms with E-state index >= 15 is 0 Å². The van der Waals surface area contributed by atoms with Crippen LogP contribution in [0.3, 0.4) is 0 Å². The third-order valence-corrected chi connectivity index (χ3v) is 3.02. The molecule has 2 aromatic heterocycles. The number of nitrogens with zero attached hydrogens (tertiary/aromatic N) is 5. The van der Waals surface area contributed by atoms with Crippen molar-refractivity contribution in [2.75, 3.05) is 12.3 Å². The van der Waals surface area contributed by atoms with E-state index in [1.807, 2.05) is 12.2 Å². The average Bonchev–Trinajstić information content (AvgIpc) is 2.93. The summed E-state index contributed by atoms with van der Waals surface area (Å²) in [4.78, 5) is 7.66. The Balaban J connectivity index is 2.06. The van der Waals surface area contributed by atoms with Crippen molar-refractivity contribution in [3.05, 3.63) is 12.2 Å². The van der Waals surface area contributed by atoms with Crippen LogP contribution in [-0.2, 0) is 0 Å². The molecule has 2 heterocycles. The molecule has 4 N–H and O–H groups in total. The lowest BCUT2D eigenvalue weighted by molar-refractivity contribution is 0.243. The fourth-order valence-electron chi connectivity index (χ4n) is 2.13. The van der Waals surface area contributed by atoms with Crippen LogP contribution in [0.5, 0.6) is 5.88 Å². The molecule has 0 spiro atoms. The Morgan fingerprint density at radius 3 is 2.94 bits per heavy atom. The molecule has 94 valence electrons. The number of hydrogen-bond donors (Lipinski definition) is 3. The van der Waals surface area contributed by atoms with Crippen molar-refractivity contribution in [2.24, 2.45) is 5.92 Å². The summed E-state index contributed by atoms with van der Waals surface area (Å²) < 4.78 is 1.58. The van der Waals surface area contributed by atoms with Crippen LogP contribution in [0, 0.1) is 5.92 Å². The second-order valence-corrected chi connectivity index (χ2v) is 4.24. The first-order chi connectivity index (χ1) is 8.69. The molecule has 0 amide bonds. The molecule has 8 nitrogen and oxygen atoms in total. The lowest BCUT2D eigenvalue weighted by Gasteiger charge is -2.10. The molecule has 1 aliphatic rings. The third kappa shape index (κ3) is 1.58. The Morgan fingerprint density at radius 1 is 1.39 bits per heavy atom. The Kier molecular flexibility index (Phi) is 2.37. The fourth-order valence-corrected chi connectivity index (χ4v) is 2.13. The fraction of sp³-hybridized carbons (Fsp3) is 0.400. The highest BCUT2D eigenvalue weighted by Crippen LogP contribution is 2.30. The van der Waals surface area contributed by atoms with Gasteiger partial charge < -0.3 is 15.9 Å². The summed E-state index contributed by atoms with van der Waals surface area (Å²) in [6.07, 6.45) is 4.59. The number of nitrogens with two attached hydrogens (primary N) is 1. The van der Waals surface area contributed by atoms with Crippen molar-refractivity contribution < 1.29 is 10.2 Å². The van der Waals surface area contributed by atoms with E-state index in [2.05, 4.69) is 20.3 Å². The minimum absolute atomic E-state index is 0.0239. The SMILES string of the molecule is Nc1nc(O)c2nnn(C3C=CC(CO)C3)c2n1. The first-order valence-corrected chi connectivity index (χ1v) is 5.55. The van der Waals surface area contributed by atoms with Gasteiger partial charge in [0.2, 0.25) is 11.8 Å². The molecule has 2 unspecified atom stereocenters. The second-order valence-electron chi connectivity index (χ2n) is 4.24. The van der Waals surface area contributed by atoms with Crippen molar-refractivity contribution in [3.63, 3.8) is 0 Å². The van der Waals surface area contributed by atoms with Gasteiger partial charge in [-0.25, -0.2) is 4.68 Å². The number of aliphatic hydroxyl groups excluding tert-OH is 1. The lowest BCUT2D eigenvalue weighted by Crippen LogP contribution is -2.10. The summed E-state index contributed by atoms with van der Waals surface area (Å²) in [5, 5.41) is 26.5. The highest BCUT2D eigenvalue weighted by atomic mass is 16.3. The normalized spacial score (nSPS) is 22.9. The molecular weight excluding hydrogens is 236 g/mol. The summed E-state index contributed by atoms with van der Waals surface area (Å²) in [6.45, 7) is 0.0992. The van der Waals surface area contributed by atoms with Gasteiger partial charge in [0.05, 0.1) is 6.04 Å². The molecule has 3 rings (SSSR count). The van der Waals surface area contributed by atoms with Gasteiger partial charge in [-0.3, -0.25) is 0 Å². The summed E-state index contributed by atoms with van der Waals surface area (Å²) in [7, 11) is 0. The summed E-state index contributed by atoms with van der Waals surface area (Å²) in [5.41, 5.74) is 6.12. The largest absolute Gasteiger partial charge is 0.492 e. The molecule has 18 heavy (non-hydrogen) atoms. The summed E-state index contributed by atoms with van der Waals surface area (Å²) in [5.74, 6) is -0.185. The molecular formula is C10H12N6O2. The molecule has 0 radical (unpaired) electrons. The molecule has 0 aliphatic heterocycles. The van der Waals surface area contributed by atoms with E-state index in [0.29, 0.717) is 5.65 Å². The zero-order valence-electron chi connectivity index (χ0n) is 9.43. The first kappa shape index (κ1) is 10.9. The number of fused-ring (bicyclic) bond motifs is 1. The summed E-state index contributed by atoms with van der Waals surface area (Å²) in [6, 6.07) is -0.0409. The van der Waals surface area contributed by atoms with Crippen LogP contribution in [0.4, 0.5) is 5.95 Å². The minimum Gasteiger partial charge on any atom is -0.492 e. The predicted molar refractivity (Wildman–Crippen MR) is 62.6 cm³/mol. The van der Waals surface area contributed by atoms with E-state index in [0.717, 1.165) is 6.42 Å². The minimum atomic E-state index is -0.274. The second kappa shape index (κ2) is 3.91. The van der Waals surface area contributed by atoms with Crippen molar-refractivity contribution in [1.82, 2.24) is 25.0 Å². The lowest BCUT2D eigenvalue weighted by atomic mass is 10.1. The van der Waals surface area contributed by atoms with Gasteiger partial charge in [0.15, 0.2) is 11.2 Å². The van der Waals surface area contributed by atoms with Crippen molar-refractivity contribution >= 4 is 17.1 Å². The van der Waals surface area contributed by atoms with E-state index in [-0.39, 0.29) is 35.9 Å². The molecule has 1 aliphatic carbocycles. The van der Waals surface area contributed by atoms with Gasteiger partial charge in [-0.1, -0.05) is 17.4 Å².